The monoisotopic (exact) mass is 520 g/mol. The lowest BCUT2D eigenvalue weighted by atomic mass is 10.0. The van der Waals surface area contributed by atoms with Gasteiger partial charge >= 0.3 is 5.97 Å². The highest BCUT2D eigenvalue weighted by Gasteiger charge is 2.35. The molecule has 3 aromatic rings. The van der Waals surface area contributed by atoms with Crippen LogP contribution in [-0.2, 0) is 20.9 Å². The number of aryl methyl sites for hydroxylation is 2. The number of nitrogens with one attached hydrogen (secondary N) is 1. The number of benzene rings is 2. The lowest BCUT2D eigenvalue weighted by molar-refractivity contribution is -0.122. The lowest BCUT2D eigenvalue weighted by Crippen LogP contribution is -2.54. The van der Waals surface area contributed by atoms with Crippen molar-refractivity contribution < 1.29 is 33.0 Å². The van der Waals surface area contributed by atoms with E-state index in [-0.39, 0.29) is 23.1 Å². The lowest BCUT2D eigenvalue weighted by Gasteiger charge is -2.30. The Morgan fingerprint density at radius 3 is 2.54 bits per heavy atom. The van der Waals surface area contributed by atoms with Gasteiger partial charge in [-0.3, -0.25) is 19.8 Å². The summed E-state index contributed by atoms with van der Waals surface area (Å²) in [5.74, 6) is -0.439. The van der Waals surface area contributed by atoms with Crippen molar-refractivity contribution in [3.63, 3.8) is 0 Å². The van der Waals surface area contributed by atoms with Crippen LogP contribution in [0.25, 0.3) is 6.08 Å². The molecule has 0 aliphatic carbocycles. The second kappa shape index (κ2) is 10.7. The van der Waals surface area contributed by atoms with Crippen molar-refractivity contribution in [3.05, 3.63) is 82.3 Å². The number of rotatable bonds is 7. The van der Waals surface area contributed by atoms with Gasteiger partial charge in [-0.15, -0.1) is 0 Å². The van der Waals surface area contributed by atoms with E-state index < -0.39 is 17.8 Å². The normalized spacial score (nSPS) is 14.5. The number of carbonyl (C=O) groups is 3. The summed E-state index contributed by atoms with van der Waals surface area (Å²) >= 11 is 5.30. The zero-order valence-electron chi connectivity index (χ0n) is 20.6. The van der Waals surface area contributed by atoms with Crippen LogP contribution in [0.15, 0.2) is 58.5 Å². The van der Waals surface area contributed by atoms with Crippen molar-refractivity contribution in [2.24, 2.45) is 0 Å². The quantitative estimate of drug-likeness (QED) is 0.215. The van der Waals surface area contributed by atoms with Gasteiger partial charge in [-0.05, 0) is 73.6 Å². The fourth-order valence-electron chi connectivity index (χ4n) is 3.81. The highest BCUT2D eigenvalue weighted by Crippen LogP contribution is 2.31. The molecule has 1 N–H and O–H groups in total. The third-order valence-electron chi connectivity index (χ3n) is 5.61. The van der Waals surface area contributed by atoms with Crippen molar-refractivity contribution in [2.75, 3.05) is 19.1 Å². The fraction of sp³-hybridized carbons (Fsp3) is 0.185. The van der Waals surface area contributed by atoms with Crippen LogP contribution in [-0.4, -0.2) is 37.1 Å². The van der Waals surface area contributed by atoms with Gasteiger partial charge < -0.3 is 18.6 Å². The summed E-state index contributed by atoms with van der Waals surface area (Å²) in [6, 6.07) is 13.7. The molecular weight excluding hydrogens is 496 g/mol. The molecule has 0 unspecified atom stereocenters. The summed E-state index contributed by atoms with van der Waals surface area (Å²) in [5, 5.41) is 2.61. The molecule has 37 heavy (non-hydrogen) atoms. The number of esters is 1. The van der Waals surface area contributed by atoms with E-state index in [0.29, 0.717) is 28.5 Å². The van der Waals surface area contributed by atoms with E-state index in [1.54, 1.807) is 30.3 Å². The molecule has 1 aromatic heterocycles. The molecule has 0 atom stereocenters. The number of methoxy groups -OCH3 is 2. The topological polar surface area (TPSA) is 107 Å². The maximum absolute atomic E-state index is 13.4. The molecular formula is C27H24N2O7S. The molecule has 1 aliphatic heterocycles. The van der Waals surface area contributed by atoms with Crippen molar-refractivity contribution in [1.29, 1.82) is 0 Å². The van der Waals surface area contributed by atoms with Crippen LogP contribution in [0.4, 0.5) is 5.69 Å². The average molecular weight is 521 g/mol. The van der Waals surface area contributed by atoms with Crippen LogP contribution in [0.3, 0.4) is 0 Å². The van der Waals surface area contributed by atoms with Crippen LogP contribution in [0.2, 0.25) is 0 Å². The highest BCUT2D eigenvalue weighted by atomic mass is 32.1. The number of anilines is 1. The first kappa shape index (κ1) is 25.6. The summed E-state index contributed by atoms with van der Waals surface area (Å²) in [7, 11) is 2.74. The van der Waals surface area contributed by atoms with Gasteiger partial charge in [-0.2, -0.15) is 0 Å². The van der Waals surface area contributed by atoms with E-state index in [0.717, 1.165) is 11.1 Å². The van der Waals surface area contributed by atoms with Gasteiger partial charge in [0.25, 0.3) is 11.8 Å². The summed E-state index contributed by atoms with van der Waals surface area (Å²) in [5.41, 5.74) is 2.96. The van der Waals surface area contributed by atoms with Crippen molar-refractivity contribution in [1.82, 2.24) is 5.32 Å². The highest BCUT2D eigenvalue weighted by molar-refractivity contribution is 7.80. The van der Waals surface area contributed by atoms with Gasteiger partial charge in [0.1, 0.15) is 17.9 Å². The Bertz CT molecular complexity index is 1440. The maximum atomic E-state index is 13.4. The Labute approximate surface area is 218 Å². The molecule has 0 bridgehead atoms. The number of nitrogens with zero attached hydrogens (tertiary/aromatic N) is 1. The van der Waals surface area contributed by atoms with Crippen LogP contribution in [0, 0.1) is 13.8 Å². The zero-order chi connectivity index (χ0) is 26.7. The van der Waals surface area contributed by atoms with Gasteiger partial charge in [-0.1, -0.05) is 23.8 Å². The van der Waals surface area contributed by atoms with Gasteiger partial charge in [0, 0.05) is 0 Å². The largest absolute Gasteiger partial charge is 0.493 e. The molecule has 2 amide bonds. The number of furan rings is 1. The minimum absolute atomic E-state index is 0.0220. The van der Waals surface area contributed by atoms with E-state index in [9.17, 15) is 14.4 Å². The number of amides is 2. The molecule has 1 saturated heterocycles. The smallest absolute Gasteiger partial charge is 0.373 e. The van der Waals surface area contributed by atoms with Crippen LogP contribution in [0.1, 0.15) is 33.0 Å². The average Bonchev–Trinajstić information content (AvgIpc) is 3.35. The van der Waals surface area contributed by atoms with Crippen molar-refractivity contribution in [3.8, 4) is 11.5 Å². The standard InChI is InChI=1S/C27H24N2O7S/c1-15-5-8-20(16(2)11-15)29-25(31)19(24(30)28-27(29)37)12-17-6-9-21(23(13-17)33-3)35-14-18-7-10-22(36-18)26(32)34-4/h5-13H,14H2,1-4H3,(H,28,30,37). The number of hydrogen-bond acceptors (Lipinski definition) is 8. The summed E-state index contributed by atoms with van der Waals surface area (Å²) < 4.78 is 21.2. The van der Waals surface area contributed by atoms with Gasteiger partial charge in [0.2, 0.25) is 5.76 Å². The Balaban J connectivity index is 1.57. The number of thiocarbonyl (C=S) groups is 1. The fourth-order valence-corrected chi connectivity index (χ4v) is 4.08. The molecule has 1 fully saturated rings. The number of ether oxygens (including phenoxy) is 3. The molecule has 0 radical (unpaired) electrons. The predicted octanol–water partition coefficient (Wildman–Crippen LogP) is 4.10. The third kappa shape index (κ3) is 5.39. The second-order valence-corrected chi connectivity index (χ2v) is 8.59. The van der Waals surface area contributed by atoms with E-state index in [2.05, 4.69) is 10.1 Å². The first-order chi connectivity index (χ1) is 17.7. The molecule has 1 aliphatic rings. The Kier molecular flexibility index (Phi) is 7.40. The van der Waals surface area contributed by atoms with Crippen molar-refractivity contribution in [2.45, 2.75) is 20.5 Å². The minimum Gasteiger partial charge on any atom is -0.493 e. The van der Waals surface area contributed by atoms with E-state index in [4.69, 9.17) is 26.1 Å². The number of hydrogen-bond donors (Lipinski definition) is 1. The van der Waals surface area contributed by atoms with Gasteiger partial charge in [-0.25, -0.2) is 4.79 Å². The molecule has 4 rings (SSSR count). The van der Waals surface area contributed by atoms with Crippen molar-refractivity contribution >= 4 is 46.9 Å². The van der Waals surface area contributed by atoms with E-state index in [1.807, 2.05) is 26.0 Å². The zero-order valence-corrected chi connectivity index (χ0v) is 21.4. The summed E-state index contributed by atoms with van der Waals surface area (Å²) in [4.78, 5) is 38.9. The first-order valence-corrected chi connectivity index (χ1v) is 11.6. The molecule has 0 saturated carbocycles. The Hall–Kier alpha value is -4.44. The predicted molar refractivity (Wildman–Crippen MR) is 139 cm³/mol. The third-order valence-corrected chi connectivity index (χ3v) is 5.90. The Morgan fingerprint density at radius 2 is 1.84 bits per heavy atom. The molecule has 10 heteroatoms. The molecule has 2 heterocycles. The van der Waals surface area contributed by atoms with E-state index in [1.165, 1.54) is 31.3 Å². The van der Waals surface area contributed by atoms with Crippen LogP contribution >= 0.6 is 12.2 Å². The SMILES string of the molecule is COC(=O)c1ccc(COc2ccc(C=C3C(=O)NC(=S)N(c4ccc(C)cc4C)C3=O)cc2OC)o1. The molecule has 2 aromatic carbocycles. The molecule has 9 nitrogen and oxygen atoms in total. The summed E-state index contributed by atoms with van der Waals surface area (Å²) in [6.45, 7) is 3.87. The van der Waals surface area contributed by atoms with E-state index >= 15 is 0 Å². The minimum atomic E-state index is -0.588. The maximum Gasteiger partial charge on any atom is 0.373 e. The molecule has 0 spiro atoms. The first-order valence-electron chi connectivity index (χ1n) is 11.2. The number of carbonyl (C=O) groups excluding carboxylic acids is 3. The second-order valence-electron chi connectivity index (χ2n) is 8.20. The van der Waals surface area contributed by atoms with Gasteiger partial charge in [0.15, 0.2) is 16.6 Å². The van der Waals surface area contributed by atoms with Crippen LogP contribution in [0.5, 0.6) is 11.5 Å². The van der Waals surface area contributed by atoms with Gasteiger partial charge in [0.05, 0.1) is 19.9 Å². The molecule has 190 valence electrons. The van der Waals surface area contributed by atoms with Crippen LogP contribution < -0.4 is 19.7 Å². The Morgan fingerprint density at radius 1 is 1.05 bits per heavy atom. The summed E-state index contributed by atoms with van der Waals surface area (Å²) in [6.07, 6.45) is 1.47.